The number of nitro groups is 1. The molecule has 1 N–H and O–H groups in total. The number of rotatable bonds is 7. The van der Waals surface area contributed by atoms with Gasteiger partial charge >= 0.3 is 0 Å². The quantitative estimate of drug-likeness (QED) is 0.620. The molecule has 0 fully saturated rings. The minimum atomic E-state index is -0.386. The second-order valence-electron chi connectivity index (χ2n) is 4.14. The predicted molar refractivity (Wildman–Crippen MR) is 73.6 cm³/mol. The molecule has 18 heavy (non-hydrogen) atoms. The van der Waals surface area contributed by atoms with E-state index in [9.17, 15) is 10.1 Å². The van der Waals surface area contributed by atoms with Gasteiger partial charge in [-0.2, -0.15) is 0 Å². The van der Waals surface area contributed by atoms with Crippen LogP contribution in [0.2, 0.25) is 0 Å². The highest BCUT2D eigenvalue weighted by Crippen LogP contribution is 2.21. The maximum Gasteiger partial charge on any atom is 0.270 e. The van der Waals surface area contributed by atoms with E-state index >= 15 is 0 Å². The lowest BCUT2D eigenvalue weighted by Crippen LogP contribution is -2.26. The lowest BCUT2D eigenvalue weighted by atomic mass is 10.2. The number of hydrogen-bond acceptors (Lipinski definition) is 4. The molecule has 6 heteroatoms. The zero-order valence-electron chi connectivity index (χ0n) is 10.5. The molecule has 100 valence electrons. The second kappa shape index (κ2) is 7.45. The number of nitrogens with zero attached hydrogens (tertiary/aromatic N) is 1. The predicted octanol–water partition coefficient (Wildman–Crippen LogP) is 2.87. The van der Waals surface area contributed by atoms with Crippen LogP contribution in [0.4, 0.5) is 5.69 Å². The first-order valence-electron chi connectivity index (χ1n) is 5.69. The summed E-state index contributed by atoms with van der Waals surface area (Å²) in [6, 6.07) is 5.27. The summed E-state index contributed by atoms with van der Waals surface area (Å²) in [6.45, 7) is 3.36. The highest BCUT2D eigenvalue weighted by Gasteiger charge is 2.09. The van der Waals surface area contributed by atoms with Crippen molar-refractivity contribution in [2.45, 2.75) is 25.9 Å². The third-order valence-corrected chi connectivity index (χ3v) is 3.02. The van der Waals surface area contributed by atoms with Gasteiger partial charge in [0, 0.05) is 42.9 Å². The van der Waals surface area contributed by atoms with Gasteiger partial charge in [0.25, 0.3) is 5.69 Å². The summed E-state index contributed by atoms with van der Waals surface area (Å²) in [4.78, 5) is 10.3. The standard InChI is InChI=1S/C12H17BrN2O3/c1-9(3-4-18-2)14-8-10-5-11(13)7-12(6-10)15(16)17/h5-7,9,14H,3-4,8H2,1-2H3. The molecule has 0 aromatic heterocycles. The molecule has 5 nitrogen and oxygen atoms in total. The summed E-state index contributed by atoms with van der Waals surface area (Å²) in [7, 11) is 1.67. The normalized spacial score (nSPS) is 12.4. The van der Waals surface area contributed by atoms with Crippen LogP contribution >= 0.6 is 15.9 Å². The molecule has 0 spiro atoms. The number of non-ortho nitro benzene ring substituents is 1. The molecular formula is C12H17BrN2O3. The molecule has 0 aliphatic carbocycles. The number of ether oxygens (including phenoxy) is 1. The maximum absolute atomic E-state index is 10.7. The number of methoxy groups -OCH3 is 1. The molecule has 1 atom stereocenters. The van der Waals surface area contributed by atoms with Gasteiger partial charge in [-0.15, -0.1) is 0 Å². The van der Waals surface area contributed by atoms with Crippen molar-refractivity contribution in [2.75, 3.05) is 13.7 Å². The fourth-order valence-corrected chi connectivity index (χ4v) is 2.06. The number of hydrogen-bond donors (Lipinski definition) is 1. The van der Waals surface area contributed by atoms with E-state index in [0.717, 1.165) is 16.5 Å². The summed E-state index contributed by atoms with van der Waals surface area (Å²) in [5.41, 5.74) is 0.992. The summed E-state index contributed by atoms with van der Waals surface area (Å²) in [5.74, 6) is 0. The molecule has 0 aliphatic heterocycles. The van der Waals surface area contributed by atoms with Crippen LogP contribution in [0.25, 0.3) is 0 Å². The van der Waals surface area contributed by atoms with Crippen molar-refractivity contribution in [3.05, 3.63) is 38.3 Å². The van der Waals surface area contributed by atoms with Crippen LogP contribution in [-0.4, -0.2) is 24.7 Å². The second-order valence-corrected chi connectivity index (χ2v) is 5.05. The monoisotopic (exact) mass is 316 g/mol. The Balaban J connectivity index is 2.59. The van der Waals surface area contributed by atoms with Gasteiger partial charge in [0.2, 0.25) is 0 Å². The van der Waals surface area contributed by atoms with Crippen LogP contribution in [0.5, 0.6) is 0 Å². The SMILES string of the molecule is COCCC(C)NCc1cc(Br)cc([N+](=O)[O-])c1. The summed E-state index contributed by atoms with van der Waals surface area (Å²) in [6.07, 6.45) is 0.909. The maximum atomic E-state index is 10.7. The molecule has 0 aliphatic rings. The fourth-order valence-electron chi connectivity index (χ4n) is 1.53. The van der Waals surface area contributed by atoms with Crippen molar-refractivity contribution in [3.63, 3.8) is 0 Å². The third kappa shape index (κ3) is 5.12. The van der Waals surface area contributed by atoms with Crippen molar-refractivity contribution < 1.29 is 9.66 Å². The molecule has 0 radical (unpaired) electrons. The van der Waals surface area contributed by atoms with E-state index in [0.29, 0.717) is 19.2 Å². The Hall–Kier alpha value is -0.980. The van der Waals surface area contributed by atoms with E-state index in [1.165, 1.54) is 6.07 Å². The van der Waals surface area contributed by atoms with E-state index in [1.807, 2.05) is 6.07 Å². The molecule has 1 aromatic rings. The van der Waals surface area contributed by atoms with Crippen molar-refractivity contribution in [1.29, 1.82) is 0 Å². The van der Waals surface area contributed by atoms with Gasteiger partial charge in [-0.3, -0.25) is 10.1 Å². The lowest BCUT2D eigenvalue weighted by Gasteiger charge is -2.13. The summed E-state index contributed by atoms with van der Waals surface area (Å²) < 4.78 is 5.72. The Kier molecular flexibility index (Phi) is 6.24. The van der Waals surface area contributed by atoms with E-state index in [1.54, 1.807) is 13.2 Å². The topological polar surface area (TPSA) is 64.4 Å². The molecule has 1 rings (SSSR count). The van der Waals surface area contributed by atoms with Crippen LogP contribution in [0, 0.1) is 10.1 Å². The average Bonchev–Trinajstić information content (AvgIpc) is 2.33. The van der Waals surface area contributed by atoms with Crippen molar-refractivity contribution in [2.24, 2.45) is 0 Å². The van der Waals surface area contributed by atoms with Gasteiger partial charge in [0.1, 0.15) is 0 Å². The van der Waals surface area contributed by atoms with Crippen LogP contribution in [0.15, 0.2) is 22.7 Å². The number of halogens is 1. The third-order valence-electron chi connectivity index (χ3n) is 2.56. The largest absolute Gasteiger partial charge is 0.385 e. The molecular weight excluding hydrogens is 300 g/mol. The molecule has 1 aromatic carbocycles. The highest BCUT2D eigenvalue weighted by molar-refractivity contribution is 9.10. The van der Waals surface area contributed by atoms with Crippen LogP contribution in [-0.2, 0) is 11.3 Å². The van der Waals surface area contributed by atoms with Crippen molar-refractivity contribution >= 4 is 21.6 Å². The minimum Gasteiger partial charge on any atom is -0.385 e. The Morgan fingerprint density at radius 3 is 2.83 bits per heavy atom. The van der Waals surface area contributed by atoms with Gasteiger partial charge < -0.3 is 10.1 Å². The average molecular weight is 317 g/mol. The van der Waals surface area contributed by atoms with E-state index in [4.69, 9.17) is 4.74 Å². The summed E-state index contributed by atoms with van der Waals surface area (Å²) in [5, 5.41) is 14.0. The fraction of sp³-hybridized carbons (Fsp3) is 0.500. The van der Waals surface area contributed by atoms with Crippen molar-refractivity contribution in [1.82, 2.24) is 5.32 Å². The van der Waals surface area contributed by atoms with Gasteiger partial charge in [-0.05, 0) is 25.0 Å². The van der Waals surface area contributed by atoms with Crippen LogP contribution in [0.3, 0.4) is 0 Å². The first kappa shape index (κ1) is 15.1. The Bertz CT molecular complexity index is 412. The van der Waals surface area contributed by atoms with Gasteiger partial charge in [0.05, 0.1) is 4.92 Å². The summed E-state index contributed by atoms with van der Waals surface area (Å²) >= 11 is 3.28. The smallest absolute Gasteiger partial charge is 0.270 e. The molecule has 0 bridgehead atoms. The van der Waals surface area contributed by atoms with E-state index in [-0.39, 0.29) is 10.6 Å². The number of nitrogens with one attached hydrogen (secondary N) is 1. The molecule has 0 saturated carbocycles. The lowest BCUT2D eigenvalue weighted by molar-refractivity contribution is -0.385. The number of benzene rings is 1. The first-order valence-corrected chi connectivity index (χ1v) is 6.48. The first-order chi connectivity index (χ1) is 8.52. The van der Waals surface area contributed by atoms with Crippen molar-refractivity contribution in [3.8, 4) is 0 Å². The molecule has 0 heterocycles. The van der Waals surface area contributed by atoms with Crippen LogP contribution in [0.1, 0.15) is 18.9 Å². The van der Waals surface area contributed by atoms with E-state index in [2.05, 4.69) is 28.2 Å². The Morgan fingerprint density at radius 2 is 2.22 bits per heavy atom. The minimum absolute atomic E-state index is 0.103. The zero-order chi connectivity index (χ0) is 13.5. The highest BCUT2D eigenvalue weighted by atomic mass is 79.9. The Morgan fingerprint density at radius 1 is 1.50 bits per heavy atom. The molecule has 0 saturated heterocycles. The molecule has 0 amide bonds. The Labute approximate surface area is 115 Å². The molecule has 1 unspecified atom stereocenters. The van der Waals surface area contributed by atoms with Gasteiger partial charge in [-0.25, -0.2) is 0 Å². The van der Waals surface area contributed by atoms with E-state index < -0.39 is 0 Å². The zero-order valence-corrected chi connectivity index (χ0v) is 12.1. The van der Waals surface area contributed by atoms with Gasteiger partial charge in [-0.1, -0.05) is 15.9 Å². The van der Waals surface area contributed by atoms with Gasteiger partial charge in [0.15, 0.2) is 0 Å². The number of nitro benzene ring substituents is 1. The van der Waals surface area contributed by atoms with Crippen LogP contribution < -0.4 is 5.32 Å².